The van der Waals surface area contributed by atoms with E-state index in [-0.39, 0.29) is 11.6 Å². The highest BCUT2D eigenvalue weighted by Gasteiger charge is 2.20. The first kappa shape index (κ1) is 17.6. The lowest BCUT2D eigenvalue weighted by molar-refractivity contribution is 0.307. The predicted octanol–water partition coefficient (Wildman–Crippen LogP) is 2.92. The Morgan fingerprint density at radius 2 is 2.00 bits per heavy atom. The summed E-state index contributed by atoms with van der Waals surface area (Å²) in [5, 5.41) is 1.76. The van der Waals surface area contributed by atoms with Gasteiger partial charge >= 0.3 is 0 Å². The maximum Gasteiger partial charge on any atom is 0.123 e. The molecule has 0 saturated heterocycles. The van der Waals surface area contributed by atoms with E-state index in [1.54, 1.807) is 13.0 Å². The van der Waals surface area contributed by atoms with E-state index in [0.29, 0.717) is 0 Å². The highest BCUT2D eigenvalue weighted by molar-refractivity contribution is 5.47. The van der Waals surface area contributed by atoms with Gasteiger partial charge in [0.15, 0.2) is 0 Å². The number of allylic oxidation sites excluding steroid dienone is 2. The third kappa shape index (κ3) is 3.74. The predicted molar refractivity (Wildman–Crippen MR) is 98.7 cm³/mol. The minimum atomic E-state index is -0.239. The summed E-state index contributed by atoms with van der Waals surface area (Å²) < 4.78 is 29.2. The maximum atomic E-state index is 13.9. The van der Waals surface area contributed by atoms with Gasteiger partial charge in [-0.05, 0) is 49.7 Å². The Bertz CT molecular complexity index is 891. The van der Waals surface area contributed by atoms with Crippen LogP contribution in [0, 0.1) is 5.82 Å². The van der Waals surface area contributed by atoms with Gasteiger partial charge in [-0.2, -0.15) is 0 Å². The molecule has 1 aromatic carbocycles. The number of aromatic nitrogens is 1. The second-order valence-corrected chi connectivity index (χ2v) is 6.62. The zero-order valence-corrected chi connectivity index (χ0v) is 14.9. The van der Waals surface area contributed by atoms with Crippen molar-refractivity contribution in [1.29, 1.82) is 0 Å². The van der Waals surface area contributed by atoms with E-state index < -0.39 is 0 Å². The average Bonchev–Trinajstić information content (AvgIpc) is 2.85. The molecule has 0 spiro atoms. The van der Waals surface area contributed by atoms with Crippen molar-refractivity contribution in [2.75, 3.05) is 13.6 Å². The minimum absolute atomic E-state index is 0.221. The summed E-state index contributed by atoms with van der Waals surface area (Å²) in [6.07, 6.45) is 4.79. The van der Waals surface area contributed by atoms with Crippen LogP contribution in [0.4, 0.5) is 8.78 Å². The van der Waals surface area contributed by atoms with Gasteiger partial charge in [-0.25, -0.2) is 8.78 Å². The molecule has 4 heteroatoms. The molecule has 3 rings (SSSR count). The lowest BCUT2D eigenvalue weighted by atomic mass is 10.1. The summed E-state index contributed by atoms with van der Waals surface area (Å²) >= 11 is 0. The van der Waals surface area contributed by atoms with Crippen molar-refractivity contribution in [3.8, 4) is 0 Å². The number of halogens is 2. The monoisotopic (exact) mass is 342 g/mol. The first-order valence-electron chi connectivity index (χ1n) is 8.65. The molecule has 0 fully saturated rings. The molecular weight excluding hydrogens is 318 g/mol. The number of benzene rings is 1. The molecule has 0 aliphatic carbocycles. The van der Waals surface area contributed by atoms with Crippen molar-refractivity contribution in [2.24, 2.45) is 0 Å². The van der Waals surface area contributed by atoms with E-state index in [2.05, 4.69) is 23.1 Å². The van der Waals surface area contributed by atoms with Crippen LogP contribution in [-0.4, -0.2) is 23.1 Å². The molecule has 1 aliphatic heterocycles. The first-order valence-corrected chi connectivity index (χ1v) is 8.65. The fraction of sp³-hybridized carbons (Fsp3) is 0.333. The van der Waals surface area contributed by atoms with E-state index in [9.17, 15) is 8.78 Å². The second kappa shape index (κ2) is 7.36. The molecule has 0 unspecified atom stereocenters. The van der Waals surface area contributed by atoms with Crippen LogP contribution in [0.5, 0.6) is 0 Å². The third-order valence-electron chi connectivity index (χ3n) is 4.89. The Balaban J connectivity index is 1.99. The van der Waals surface area contributed by atoms with Crippen LogP contribution in [0.2, 0.25) is 0 Å². The highest BCUT2D eigenvalue weighted by Crippen LogP contribution is 2.15. The van der Waals surface area contributed by atoms with Crippen LogP contribution < -0.4 is 10.6 Å². The fourth-order valence-electron chi connectivity index (χ4n) is 3.46. The van der Waals surface area contributed by atoms with E-state index in [1.807, 2.05) is 12.1 Å². The van der Waals surface area contributed by atoms with Crippen LogP contribution in [0.15, 0.2) is 36.2 Å². The Kier molecular flexibility index (Phi) is 5.19. The molecule has 2 nitrogen and oxygen atoms in total. The molecule has 1 aliphatic rings. The molecule has 0 bridgehead atoms. The van der Waals surface area contributed by atoms with Crippen molar-refractivity contribution >= 4 is 12.7 Å². The first-order chi connectivity index (χ1) is 12.0. The Morgan fingerprint density at radius 3 is 2.68 bits per heavy atom. The van der Waals surface area contributed by atoms with E-state index in [1.165, 1.54) is 29.5 Å². The molecule has 1 aromatic heterocycles. The topological polar surface area (TPSA) is 8.17 Å². The van der Waals surface area contributed by atoms with Gasteiger partial charge in [0, 0.05) is 42.3 Å². The van der Waals surface area contributed by atoms with Gasteiger partial charge in [0.2, 0.25) is 0 Å². The molecule has 132 valence electrons. The van der Waals surface area contributed by atoms with Gasteiger partial charge in [-0.1, -0.05) is 24.8 Å². The summed E-state index contributed by atoms with van der Waals surface area (Å²) in [6.45, 7) is 8.48. The second-order valence-electron chi connectivity index (χ2n) is 6.62. The standard InChI is InChI=1S/C21H24F2N2/c1-4-17(22)13-19-15(2)25(21-10-11-24(3)14-20(19)21)12-9-16-5-7-18(23)8-6-16/h4-8,13H,2,9-12,14H2,1,3H3/b17-4+,19-13+. The SMILES string of the molecule is C=c1/c(=C\C(F)=C/C)c2c(n1CCc1ccc(F)cc1)CCN(C)C2. The van der Waals surface area contributed by atoms with Crippen molar-refractivity contribution in [2.45, 2.75) is 32.9 Å². The Morgan fingerprint density at radius 1 is 1.28 bits per heavy atom. The van der Waals surface area contributed by atoms with Crippen LogP contribution in [-0.2, 0) is 25.9 Å². The molecular formula is C21H24F2N2. The summed E-state index contributed by atoms with van der Waals surface area (Å²) in [5.41, 5.74) is 3.51. The molecule has 0 amide bonds. The number of aryl methyl sites for hydroxylation is 1. The van der Waals surface area contributed by atoms with Crippen molar-refractivity contribution in [3.63, 3.8) is 0 Å². The van der Waals surface area contributed by atoms with Gasteiger partial charge in [-0.15, -0.1) is 0 Å². The quantitative estimate of drug-likeness (QED) is 0.829. The summed E-state index contributed by atoms with van der Waals surface area (Å²) in [7, 11) is 2.08. The number of hydrogen-bond donors (Lipinski definition) is 0. The Labute approximate surface area is 147 Å². The van der Waals surface area contributed by atoms with Crippen LogP contribution in [0.1, 0.15) is 23.7 Å². The lowest BCUT2D eigenvalue weighted by Gasteiger charge is -2.24. The zero-order chi connectivity index (χ0) is 18.0. The summed E-state index contributed by atoms with van der Waals surface area (Å²) in [5.74, 6) is -0.460. The normalized spacial score (nSPS) is 16.3. The molecule has 0 radical (unpaired) electrons. The summed E-state index contributed by atoms with van der Waals surface area (Å²) in [6, 6.07) is 6.60. The van der Waals surface area contributed by atoms with Gasteiger partial charge in [0.05, 0.1) is 0 Å². The maximum absolute atomic E-state index is 13.9. The number of hydrogen-bond acceptors (Lipinski definition) is 1. The number of fused-ring (bicyclic) bond motifs is 1. The lowest BCUT2D eigenvalue weighted by Crippen LogP contribution is -2.31. The third-order valence-corrected chi connectivity index (χ3v) is 4.89. The van der Waals surface area contributed by atoms with Crippen molar-refractivity contribution < 1.29 is 8.78 Å². The summed E-state index contributed by atoms with van der Waals surface area (Å²) in [4.78, 5) is 2.25. The number of likely N-dealkylation sites (N-methyl/N-ethyl adjacent to an activating group) is 1. The van der Waals surface area contributed by atoms with Gasteiger partial charge < -0.3 is 9.47 Å². The molecule has 0 atom stereocenters. The average molecular weight is 342 g/mol. The van der Waals surface area contributed by atoms with Crippen LogP contribution in [0.3, 0.4) is 0 Å². The van der Waals surface area contributed by atoms with Crippen molar-refractivity contribution in [1.82, 2.24) is 9.47 Å². The van der Waals surface area contributed by atoms with Crippen LogP contribution in [0.25, 0.3) is 12.7 Å². The molecule has 0 N–H and O–H groups in total. The smallest absolute Gasteiger partial charge is 0.123 e. The van der Waals surface area contributed by atoms with Crippen LogP contribution >= 0.6 is 0 Å². The number of rotatable bonds is 4. The largest absolute Gasteiger partial charge is 0.344 e. The zero-order valence-electron chi connectivity index (χ0n) is 14.9. The van der Waals surface area contributed by atoms with Crippen molar-refractivity contribution in [3.05, 3.63) is 69.4 Å². The Hall–Kier alpha value is -2.20. The van der Waals surface area contributed by atoms with Gasteiger partial charge in [0.25, 0.3) is 0 Å². The molecule has 0 saturated carbocycles. The van der Waals surface area contributed by atoms with E-state index in [0.717, 1.165) is 48.6 Å². The molecule has 25 heavy (non-hydrogen) atoms. The van der Waals surface area contributed by atoms with Gasteiger partial charge in [-0.3, -0.25) is 0 Å². The molecule has 2 aromatic rings. The minimum Gasteiger partial charge on any atom is -0.344 e. The van der Waals surface area contributed by atoms with E-state index in [4.69, 9.17) is 0 Å². The van der Waals surface area contributed by atoms with Gasteiger partial charge in [0.1, 0.15) is 11.6 Å². The molecule has 2 heterocycles. The number of nitrogens with zero attached hydrogens (tertiary/aromatic N) is 2. The van der Waals surface area contributed by atoms with E-state index >= 15 is 0 Å². The fourth-order valence-corrected chi connectivity index (χ4v) is 3.46. The highest BCUT2D eigenvalue weighted by atomic mass is 19.1.